The lowest BCUT2D eigenvalue weighted by Gasteiger charge is -2.37. The fourth-order valence-corrected chi connectivity index (χ4v) is 4.98. The Morgan fingerprint density at radius 3 is 2.07 bits per heavy atom. The summed E-state index contributed by atoms with van der Waals surface area (Å²) in [5.41, 5.74) is 3.60. The van der Waals surface area contributed by atoms with Crippen molar-refractivity contribution in [2.45, 2.75) is 39.6 Å². The van der Waals surface area contributed by atoms with E-state index in [0.717, 1.165) is 11.1 Å². The number of nitrogens with zero attached hydrogens (tertiary/aromatic N) is 4. The Morgan fingerprint density at radius 1 is 0.844 bits per heavy atom. The van der Waals surface area contributed by atoms with E-state index in [1.54, 1.807) is 17.2 Å². The van der Waals surface area contributed by atoms with Crippen molar-refractivity contribution in [3.05, 3.63) is 107 Å². The summed E-state index contributed by atoms with van der Waals surface area (Å²) in [5.74, 6) is 1.43. The van der Waals surface area contributed by atoms with Crippen LogP contribution in [0.15, 0.2) is 85.1 Å². The van der Waals surface area contributed by atoms with E-state index in [4.69, 9.17) is 14.2 Å². The van der Waals surface area contributed by atoms with E-state index in [-0.39, 0.29) is 11.8 Å². The number of anilines is 2. The van der Waals surface area contributed by atoms with E-state index in [9.17, 15) is 10.2 Å². The molecule has 2 aromatic carbocycles. The topological polar surface area (TPSA) is 113 Å². The molecule has 0 radical (unpaired) electrons. The smallest absolute Gasteiger partial charge is 0.410 e. The lowest BCUT2D eigenvalue weighted by Crippen LogP contribution is -2.50. The van der Waals surface area contributed by atoms with Crippen LogP contribution in [0.4, 0.5) is 16.3 Å². The molecular weight excluding hydrogens is 568 g/mol. The predicted molar refractivity (Wildman–Crippen MR) is 176 cm³/mol. The van der Waals surface area contributed by atoms with Gasteiger partial charge in [0.05, 0.1) is 17.0 Å². The monoisotopic (exact) mass is 608 g/mol. The Bertz CT molecular complexity index is 1600. The summed E-state index contributed by atoms with van der Waals surface area (Å²) in [4.78, 5) is 25.8. The number of benzene rings is 2. The van der Waals surface area contributed by atoms with Crippen molar-refractivity contribution in [2.75, 3.05) is 43.4 Å². The summed E-state index contributed by atoms with van der Waals surface area (Å²) in [6.07, 6.45) is 1.39. The molecule has 234 valence electrons. The first-order valence-electron chi connectivity index (χ1n) is 15.1. The van der Waals surface area contributed by atoms with Gasteiger partial charge in [-0.2, -0.15) is 4.98 Å². The average Bonchev–Trinajstić information content (AvgIpc) is 3.06. The minimum absolute atomic E-state index is 0.237. The lowest BCUT2D eigenvalue weighted by molar-refractivity contribution is 0.0240. The molecule has 0 bridgehead atoms. The second-order valence-electron chi connectivity index (χ2n) is 11.7. The van der Waals surface area contributed by atoms with Gasteiger partial charge < -0.3 is 29.3 Å². The summed E-state index contributed by atoms with van der Waals surface area (Å²) in [7, 11) is 1.82. The second-order valence-corrected chi connectivity index (χ2v) is 11.7. The minimum atomic E-state index is -0.547. The van der Waals surface area contributed by atoms with Crippen LogP contribution >= 0.6 is 0 Å². The van der Waals surface area contributed by atoms with Crippen molar-refractivity contribution in [1.29, 1.82) is 5.41 Å². The molecule has 10 heteroatoms. The molecular formula is C35H40N6O4. The molecule has 4 aromatic rings. The van der Waals surface area contributed by atoms with Crippen LogP contribution in [-0.4, -0.2) is 65.5 Å². The van der Waals surface area contributed by atoms with Crippen molar-refractivity contribution in [1.82, 2.24) is 14.9 Å². The molecule has 1 aliphatic rings. The standard InChI is InChI=1S/C35H40N6O4/c1-35(2,3)45-34(42)41-21-19-40(20-22-41)32-31(37-4)27(17-18-38-32)30(36)28-15-16-29(43-23-25-11-7-5-8-12-25)39-33(28)44-24-26-13-9-6-10-14-26/h5-18,36-37H,19-24H2,1-4H3. The Labute approximate surface area is 264 Å². The van der Waals surface area contributed by atoms with Crippen LogP contribution in [0.1, 0.15) is 43.0 Å². The molecule has 1 saturated heterocycles. The van der Waals surface area contributed by atoms with Gasteiger partial charge in [0.15, 0.2) is 5.82 Å². The van der Waals surface area contributed by atoms with Gasteiger partial charge in [-0.15, -0.1) is 0 Å². The van der Waals surface area contributed by atoms with Crippen molar-refractivity contribution in [3.63, 3.8) is 0 Å². The Kier molecular flexibility index (Phi) is 9.82. The van der Waals surface area contributed by atoms with Gasteiger partial charge in [0, 0.05) is 51.1 Å². The second kappa shape index (κ2) is 14.1. The van der Waals surface area contributed by atoms with E-state index in [1.165, 1.54) is 0 Å². The van der Waals surface area contributed by atoms with E-state index < -0.39 is 5.60 Å². The number of ether oxygens (including phenoxy) is 3. The fourth-order valence-electron chi connectivity index (χ4n) is 4.98. The molecule has 2 N–H and O–H groups in total. The zero-order chi connectivity index (χ0) is 31.8. The number of rotatable bonds is 10. The van der Waals surface area contributed by atoms with Crippen molar-refractivity contribution in [3.8, 4) is 11.8 Å². The number of nitrogens with one attached hydrogen (secondary N) is 2. The maximum atomic E-state index is 12.6. The third-order valence-corrected chi connectivity index (χ3v) is 7.23. The van der Waals surface area contributed by atoms with Gasteiger partial charge >= 0.3 is 6.09 Å². The first kappa shape index (κ1) is 31.3. The highest BCUT2D eigenvalue weighted by Gasteiger charge is 2.28. The van der Waals surface area contributed by atoms with Gasteiger partial charge in [-0.1, -0.05) is 60.7 Å². The van der Waals surface area contributed by atoms with E-state index in [1.807, 2.05) is 101 Å². The van der Waals surface area contributed by atoms with Crippen LogP contribution in [-0.2, 0) is 18.0 Å². The van der Waals surface area contributed by atoms with Crippen molar-refractivity contribution < 1.29 is 19.0 Å². The molecule has 3 heterocycles. The number of hydrogen-bond acceptors (Lipinski definition) is 9. The molecule has 0 spiro atoms. The largest absolute Gasteiger partial charge is 0.473 e. The Balaban J connectivity index is 1.38. The number of amides is 1. The number of carbonyl (C=O) groups is 1. The summed E-state index contributed by atoms with van der Waals surface area (Å²) in [6, 6.07) is 25.1. The van der Waals surface area contributed by atoms with Crippen LogP contribution in [0, 0.1) is 5.41 Å². The third kappa shape index (κ3) is 8.08. The summed E-state index contributed by atoms with van der Waals surface area (Å²) in [5, 5.41) is 12.6. The molecule has 0 atom stereocenters. The van der Waals surface area contributed by atoms with Crippen LogP contribution in [0.3, 0.4) is 0 Å². The molecule has 0 saturated carbocycles. The Hall–Kier alpha value is -5.12. The summed E-state index contributed by atoms with van der Waals surface area (Å²) in [6.45, 7) is 8.42. The van der Waals surface area contributed by atoms with Gasteiger partial charge in [0.2, 0.25) is 11.8 Å². The highest BCUT2D eigenvalue weighted by Crippen LogP contribution is 2.32. The van der Waals surface area contributed by atoms with Crippen LogP contribution in [0.25, 0.3) is 0 Å². The zero-order valence-electron chi connectivity index (χ0n) is 26.2. The van der Waals surface area contributed by atoms with Gasteiger partial charge in [-0.25, -0.2) is 9.78 Å². The van der Waals surface area contributed by atoms with Gasteiger partial charge in [-0.3, -0.25) is 5.41 Å². The highest BCUT2D eigenvalue weighted by atomic mass is 16.6. The number of hydrogen-bond donors (Lipinski definition) is 2. The molecule has 1 fully saturated rings. The molecule has 0 aliphatic carbocycles. The summed E-state index contributed by atoms with van der Waals surface area (Å²) < 4.78 is 17.8. The molecule has 1 amide bonds. The van der Waals surface area contributed by atoms with Gasteiger partial charge in [0.25, 0.3) is 0 Å². The molecule has 0 unspecified atom stereocenters. The number of pyridine rings is 2. The Morgan fingerprint density at radius 2 is 1.47 bits per heavy atom. The molecule has 1 aliphatic heterocycles. The number of piperazine rings is 1. The zero-order valence-corrected chi connectivity index (χ0v) is 26.2. The van der Waals surface area contributed by atoms with E-state index in [2.05, 4.69) is 20.2 Å². The molecule has 2 aromatic heterocycles. The van der Waals surface area contributed by atoms with Crippen LogP contribution in [0.5, 0.6) is 11.8 Å². The third-order valence-electron chi connectivity index (χ3n) is 7.23. The molecule has 5 rings (SSSR count). The normalized spacial score (nSPS) is 13.2. The predicted octanol–water partition coefficient (Wildman–Crippen LogP) is 6.15. The molecule has 10 nitrogen and oxygen atoms in total. The SMILES string of the molecule is CNc1c(C(=N)c2ccc(OCc3ccccc3)nc2OCc2ccccc2)ccnc1N1CCN(C(=O)OC(C)(C)C)CC1. The summed E-state index contributed by atoms with van der Waals surface area (Å²) >= 11 is 0. The van der Waals surface area contributed by atoms with E-state index in [0.29, 0.717) is 73.8 Å². The van der Waals surface area contributed by atoms with Crippen LogP contribution in [0.2, 0.25) is 0 Å². The van der Waals surface area contributed by atoms with Crippen LogP contribution < -0.4 is 19.7 Å². The first-order chi connectivity index (χ1) is 21.7. The van der Waals surface area contributed by atoms with Crippen molar-refractivity contribution in [2.24, 2.45) is 0 Å². The lowest BCUT2D eigenvalue weighted by atomic mass is 10.0. The highest BCUT2D eigenvalue weighted by molar-refractivity contribution is 6.16. The maximum absolute atomic E-state index is 12.6. The number of carbonyl (C=O) groups excluding carboxylic acids is 1. The number of aromatic nitrogens is 2. The van der Waals surface area contributed by atoms with E-state index >= 15 is 0 Å². The first-order valence-corrected chi connectivity index (χ1v) is 15.1. The van der Waals surface area contributed by atoms with Gasteiger partial charge in [0.1, 0.15) is 18.8 Å². The fraction of sp³-hybridized carbons (Fsp3) is 0.314. The molecule has 45 heavy (non-hydrogen) atoms. The van der Waals surface area contributed by atoms with Gasteiger partial charge in [-0.05, 0) is 44.0 Å². The quantitative estimate of drug-likeness (QED) is 0.206. The minimum Gasteiger partial charge on any atom is -0.473 e. The average molecular weight is 609 g/mol. The van der Waals surface area contributed by atoms with Crippen molar-refractivity contribution >= 4 is 23.3 Å². The maximum Gasteiger partial charge on any atom is 0.410 e.